The number of nitrogens with one attached hydrogen (secondary N) is 1. The average molecular weight is 275 g/mol. The molecule has 2 rings (SSSR count). The summed E-state index contributed by atoms with van der Waals surface area (Å²) in [4.78, 5) is 15.8. The molecule has 1 atom stereocenters. The van der Waals surface area contributed by atoms with Crippen LogP contribution in [0.1, 0.15) is 29.7 Å². The van der Waals surface area contributed by atoms with Gasteiger partial charge >= 0.3 is 6.03 Å². The molecule has 110 valence electrons. The second kappa shape index (κ2) is 6.27. The minimum atomic E-state index is 0.137. The van der Waals surface area contributed by atoms with E-state index in [1.165, 1.54) is 16.7 Å². The van der Waals surface area contributed by atoms with Gasteiger partial charge in [0.25, 0.3) is 0 Å². The van der Waals surface area contributed by atoms with Crippen molar-refractivity contribution in [2.75, 3.05) is 33.2 Å². The summed E-state index contributed by atoms with van der Waals surface area (Å²) in [6.45, 7) is 9.64. The van der Waals surface area contributed by atoms with Crippen LogP contribution in [-0.2, 0) is 0 Å². The number of urea groups is 1. The number of hydrogen-bond donors (Lipinski definition) is 1. The molecule has 0 radical (unpaired) electrons. The first-order valence-electron chi connectivity index (χ1n) is 7.33. The van der Waals surface area contributed by atoms with Gasteiger partial charge in [0.2, 0.25) is 0 Å². The van der Waals surface area contributed by atoms with Crippen molar-refractivity contribution in [1.82, 2.24) is 15.1 Å². The number of aryl methyl sites for hydroxylation is 2. The quantitative estimate of drug-likeness (QED) is 0.895. The van der Waals surface area contributed by atoms with Gasteiger partial charge in [-0.1, -0.05) is 30.7 Å². The highest BCUT2D eigenvalue weighted by Crippen LogP contribution is 2.21. The Labute approximate surface area is 121 Å². The van der Waals surface area contributed by atoms with Gasteiger partial charge in [0, 0.05) is 26.7 Å². The van der Waals surface area contributed by atoms with Crippen molar-refractivity contribution in [3.05, 3.63) is 34.9 Å². The summed E-state index contributed by atoms with van der Waals surface area (Å²) in [5, 5.41) is 3.51. The first kappa shape index (κ1) is 14.9. The van der Waals surface area contributed by atoms with Crippen LogP contribution in [0.5, 0.6) is 0 Å². The molecule has 1 aliphatic rings. The molecule has 0 spiro atoms. The summed E-state index contributed by atoms with van der Waals surface area (Å²) in [7, 11) is 1.86. The molecule has 1 fully saturated rings. The molecule has 1 N–H and O–H groups in total. The van der Waals surface area contributed by atoms with E-state index >= 15 is 0 Å². The van der Waals surface area contributed by atoms with Gasteiger partial charge in [-0.2, -0.15) is 0 Å². The number of carbonyl (C=O) groups is 1. The number of rotatable bonds is 5. The molecule has 4 heteroatoms. The van der Waals surface area contributed by atoms with Crippen LogP contribution in [-0.4, -0.2) is 49.1 Å². The number of amides is 2. The normalized spacial score (nSPS) is 16.9. The highest BCUT2D eigenvalue weighted by Gasteiger charge is 2.28. The van der Waals surface area contributed by atoms with Gasteiger partial charge < -0.3 is 15.1 Å². The highest BCUT2D eigenvalue weighted by molar-refractivity contribution is 5.76. The maximum Gasteiger partial charge on any atom is 0.319 e. The Morgan fingerprint density at radius 1 is 1.30 bits per heavy atom. The van der Waals surface area contributed by atoms with E-state index in [1.807, 2.05) is 11.9 Å². The maximum absolute atomic E-state index is 12.0. The third-order valence-corrected chi connectivity index (χ3v) is 3.96. The lowest BCUT2D eigenvalue weighted by Gasteiger charge is -2.26. The fourth-order valence-electron chi connectivity index (χ4n) is 2.83. The molecule has 1 unspecified atom stereocenters. The van der Waals surface area contributed by atoms with Crippen molar-refractivity contribution in [2.45, 2.75) is 26.8 Å². The zero-order chi connectivity index (χ0) is 14.7. The van der Waals surface area contributed by atoms with Gasteiger partial charge in [-0.25, -0.2) is 4.79 Å². The molecule has 1 aliphatic heterocycles. The molecule has 4 nitrogen and oxygen atoms in total. The molecular formula is C16H25N3O. The van der Waals surface area contributed by atoms with Crippen molar-refractivity contribution in [2.24, 2.45) is 0 Å². The smallest absolute Gasteiger partial charge is 0.319 e. The number of benzene rings is 1. The molecule has 1 saturated heterocycles. The first-order valence-corrected chi connectivity index (χ1v) is 7.33. The Morgan fingerprint density at radius 2 is 2.05 bits per heavy atom. The Bertz CT molecular complexity index is 487. The van der Waals surface area contributed by atoms with Gasteiger partial charge in [-0.05, 0) is 31.5 Å². The van der Waals surface area contributed by atoms with Crippen LogP contribution in [0.25, 0.3) is 0 Å². The van der Waals surface area contributed by atoms with Crippen LogP contribution in [0.4, 0.5) is 4.79 Å². The molecule has 0 aliphatic carbocycles. The van der Waals surface area contributed by atoms with Crippen LogP contribution in [0, 0.1) is 13.8 Å². The number of likely N-dealkylation sites (N-methyl/N-ethyl adjacent to an activating group) is 2. The van der Waals surface area contributed by atoms with Crippen LogP contribution in [0.2, 0.25) is 0 Å². The SMILES string of the molecule is CCNC(CN1CCN(C)C1=O)c1ccc(C)cc1C. The van der Waals surface area contributed by atoms with E-state index in [-0.39, 0.29) is 12.1 Å². The molecule has 0 saturated carbocycles. The minimum absolute atomic E-state index is 0.137. The Balaban J connectivity index is 2.16. The second-order valence-electron chi connectivity index (χ2n) is 5.62. The number of hydrogen-bond acceptors (Lipinski definition) is 2. The van der Waals surface area contributed by atoms with Crippen LogP contribution >= 0.6 is 0 Å². The summed E-state index contributed by atoms with van der Waals surface area (Å²) in [6.07, 6.45) is 0. The first-order chi connectivity index (χ1) is 9.52. The van der Waals surface area contributed by atoms with Crippen molar-refractivity contribution in [1.29, 1.82) is 0 Å². The van der Waals surface area contributed by atoms with Gasteiger partial charge in [0.05, 0.1) is 6.04 Å². The predicted octanol–water partition coefficient (Wildman–Crippen LogP) is 2.32. The van der Waals surface area contributed by atoms with Crippen molar-refractivity contribution < 1.29 is 4.79 Å². The van der Waals surface area contributed by atoms with Crippen LogP contribution < -0.4 is 5.32 Å². The molecule has 1 aromatic carbocycles. The summed E-state index contributed by atoms with van der Waals surface area (Å²) >= 11 is 0. The van der Waals surface area contributed by atoms with Crippen molar-refractivity contribution in [3.8, 4) is 0 Å². The molecule has 1 heterocycles. The topological polar surface area (TPSA) is 35.6 Å². The molecule has 1 aromatic rings. The average Bonchev–Trinajstić information content (AvgIpc) is 2.70. The monoisotopic (exact) mass is 275 g/mol. The predicted molar refractivity (Wildman–Crippen MR) is 81.9 cm³/mol. The van der Waals surface area contributed by atoms with Gasteiger partial charge in [0.1, 0.15) is 0 Å². The van der Waals surface area contributed by atoms with Crippen LogP contribution in [0.15, 0.2) is 18.2 Å². The summed E-state index contributed by atoms with van der Waals surface area (Å²) < 4.78 is 0. The lowest BCUT2D eigenvalue weighted by Crippen LogP contribution is -2.37. The van der Waals surface area contributed by atoms with E-state index in [2.05, 4.69) is 44.3 Å². The van der Waals surface area contributed by atoms with E-state index in [9.17, 15) is 4.79 Å². The standard InChI is InChI=1S/C16H25N3O/c1-5-17-15(11-19-9-8-18(4)16(19)20)14-7-6-12(2)10-13(14)3/h6-7,10,15,17H,5,8-9,11H2,1-4H3. The molecule has 0 aromatic heterocycles. The number of carbonyl (C=O) groups excluding carboxylic acids is 1. The summed E-state index contributed by atoms with van der Waals surface area (Å²) in [5.74, 6) is 0. The van der Waals surface area contributed by atoms with Crippen molar-refractivity contribution >= 4 is 6.03 Å². The van der Waals surface area contributed by atoms with E-state index in [1.54, 1.807) is 4.90 Å². The Morgan fingerprint density at radius 3 is 2.60 bits per heavy atom. The fourth-order valence-corrected chi connectivity index (χ4v) is 2.83. The number of nitrogens with zero attached hydrogens (tertiary/aromatic N) is 2. The second-order valence-corrected chi connectivity index (χ2v) is 5.62. The summed E-state index contributed by atoms with van der Waals surface area (Å²) in [6, 6.07) is 6.87. The van der Waals surface area contributed by atoms with E-state index in [4.69, 9.17) is 0 Å². The minimum Gasteiger partial charge on any atom is -0.326 e. The van der Waals surface area contributed by atoms with Gasteiger partial charge in [0.15, 0.2) is 0 Å². The zero-order valence-electron chi connectivity index (χ0n) is 12.9. The molecular weight excluding hydrogens is 250 g/mol. The van der Waals surface area contributed by atoms with Gasteiger partial charge in [-0.3, -0.25) is 0 Å². The van der Waals surface area contributed by atoms with E-state index < -0.39 is 0 Å². The van der Waals surface area contributed by atoms with Crippen molar-refractivity contribution in [3.63, 3.8) is 0 Å². The highest BCUT2D eigenvalue weighted by atomic mass is 16.2. The lowest BCUT2D eigenvalue weighted by atomic mass is 9.98. The third-order valence-electron chi connectivity index (χ3n) is 3.96. The summed E-state index contributed by atoms with van der Waals surface area (Å²) in [5.41, 5.74) is 3.86. The largest absolute Gasteiger partial charge is 0.326 e. The Hall–Kier alpha value is -1.55. The Kier molecular flexibility index (Phi) is 4.65. The van der Waals surface area contributed by atoms with E-state index in [0.717, 1.165) is 26.2 Å². The molecule has 0 bridgehead atoms. The lowest BCUT2D eigenvalue weighted by molar-refractivity contribution is 0.194. The van der Waals surface area contributed by atoms with E-state index in [0.29, 0.717) is 0 Å². The maximum atomic E-state index is 12.0. The molecule has 2 amide bonds. The third kappa shape index (κ3) is 3.12. The molecule has 20 heavy (non-hydrogen) atoms. The fraction of sp³-hybridized carbons (Fsp3) is 0.562. The van der Waals surface area contributed by atoms with Gasteiger partial charge in [-0.15, -0.1) is 0 Å². The van der Waals surface area contributed by atoms with Crippen LogP contribution in [0.3, 0.4) is 0 Å². The zero-order valence-corrected chi connectivity index (χ0v) is 12.9.